The Morgan fingerprint density at radius 2 is 2.23 bits per heavy atom. The van der Waals surface area contributed by atoms with Crippen molar-refractivity contribution in [1.82, 2.24) is 20.2 Å². The van der Waals surface area contributed by atoms with E-state index in [1.807, 2.05) is 6.92 Å². The van der Waals surface area contributed by atoms with Gasteiger partial charge in [0.2, 0.25) is 11.1 Å². The van der Waals surface area contributed by atoms with E-state index in [2.05, 4.69) is 15.5 Å². The highest BCUT2D eigenvalue weighted by Gasteiger charge is 2.13. The molecule has 0 saturated carbocycles. The number of hydrogen-bond acceptors (Lipinski definition) is 6. The summed E-state index contributed by atoms with van der Waals surface area (Å²) in [4.78, 5) is 11.4. The van der Waals surface area contributed by atoms with Crippen LogP contribution in [-0.2, 0) is 11.4 Å². The quantitative estimate of drug-likeness (QED) is 0.581. The van der Waals surface area contributed by atoms with Crippen LogP contribution in [0.2, 0.25) is 0 Å². The summed E-state index contributed by atoms with van der Waals surface area (Å²) in [6, 6.07) is 6.05. The summed E-state index contributed by atoms with van der Waals surface area (Å²) >= 11 is 1.16. The number of ether oxygens (including phenoxy) is 1. The Labute approximate surface area is 131 Å². The van der Waals surface area contributed by atoms with Gasteiger partial charge in [0.15, 0.2) is 17.4 Å². The highest BCUT2D eigenvalue weighted by atomic mass is 32.2. The normalized spacial score (nSPS) is 10.5. The van der Waals surface area contributed by atoms with Crippen molar-refractivity contribution in [1.29, 1.82) is 0 Å². The van der Waals surface area contributed by atoms with Gasteiger partial charge in [-0.05, 0) is 19.1 Å². The van der Waals surface area contributed by atoms with E-state index in [-0.39, 0.29) is 24.0 Å². The third kappa shape index (κ3) is 4.10. The number of rotatable bonds is 7. The molecule has 2 rings (SSSR count). The predicted octanol–water partition coefficient (Wildman–Crippen LogP) is 0.938. The zero-order chi connectivity index (χ0) is 15.9. The molecule has 2 aromatic rings. The van der Waals surface area contributed by atoms with Gasteiger partial charge in [-0.3, -0.25) is 4.79 Å². The van der Waals surface area contributed by atoms with Crippen LogP contribution in [0, 0.1) is 5.82 Å². The number of nitrogen functional groups attached to an aromatic ring is 1. The highest BCUT2D eigenvalue weighted by Crippen LogP contribution is 2.18. The van der Waals surface area contributed by atoms with E-state index in [0.29, 0.717) is 17.5 Å². The largest absolute Gasteiger partial charge is 0.482 e. The van der Waals surface area contributed by atoms with Crippen LogP contribution in [-0.4, -0.2) is 33.1 Å². The molecule has 0 radical (unpaired) electrons. The highest BCUT2D eigenvalue weighted by molar-refractivity contribution is 7.99. The number of thioether (sulfide) groups is 1. The smallest absolute Gasteiger partial charge is 0.230 e. The third-order valence-electron chi connectivity index (χ3n) is 2.63. The Kier molecular flexibility index (Phi) is 5.59. The van der Waals surface area contributed by atoms with Gasteiger partial charge >= 0.3 is 0 Å². The molecule has 0 fully saturated rings. The molecule has 0 saturated heterocycles. The zero-order valence-corrected chi connectivity index (χ0v) is 12.8. The summed E-state index contributed by atoms with van der Waals surface area (Å²) in [5.41, 5.74) is 0. The lowest BCUT2D eigenvalue weighted by Crippen LogP contribution is -2.25. The second kappa shape index (κ2) is 7.64. The standard InChI is InChI=1S/C13H16FN5O2S/c1-2-16-12(20)8-22-13-18-17-11(19(13)15)7-21-10-6-4-3-5-9(10)14/h3-6H,2,7-8,15H2,1H3,(H,16,20). The van der Waals surface area contributed by atoms with Crippen molar-refractivity contribution in [2.24, 2.45) is 0 Å². The summed E-state index contributed by atoms with van der Waals surface area (Å²) in [7, 11) is 0. The van der Waals surface area contributed by atoms with Gasteiger partial charge in [-0.2, -0.15) is 0 Å². The minimum Gasteiger partial charge on any atom is -0.482 e. The zero-order valence-electron chi connectivity index (χ0n) is 12.0. The first-order chi connectivity index (χ1) is 10.6. The van der Waals surface area contributed by atoms with Crippen molar-refractivity contribution in [3.63, 3.8) is 0 Å². The van der Waals surface area contributed by atoms with Gasteiger partial charge in [0.05, 0.1) is 5.75 Å². The molecule has 0 bridgehead atoms. The first-order valence-electron chi connectivity index (χ1n) is 6.58. The fourth-order valence-electron chi connectivity index (χ4n) is 1.59. The van der Waals surface area contributed by atoms with Crippen LogP contribution in [0.4, 0.5) is 4.39 Å². The number of para-hydroxylation sites is 1. The molecular weight excluding hydrogens is 309 g/mol. The maximum atomic E-state index is 13.4. The number of carbonyl (C=O) groups excluding carboxylic acids is 1. The maximum Gasteiger partial charge on any atom is 0.230 e. The van der Waals surface area contributed by atoms with Crippen LogP contribution >= 0.6 is 11.8 Å². The van der Waals surface area contributed by atoms with E-state index in [0.717, 1.165) is 11.8 Å². The number of carbonyl (C=O) groups is 1. The summed E-state index contributed by atoms with van der Waals surface area (Å²) in [6.45, 7) is 2.38. The number of aromatic nitrogens is 3. The number of hydrogen-bond donors (Lipinski definition) is 2. The minimum atomic E-state index is -0.462. The van der Waals surface area contributed by atoms with E-state index in [9.17, 15) is 9.18 Å². The molecule has 118 valence electrons. The molecule has 1 aromatic heterocycles. The molecule has 3 N–H and O–H groups in total. The second-order valence-corrected chi connectivity index (χ2v) is 5.17. The number of amides is 1. The van der Waals surface area contributed by atoms with Crippen molar-refractivity contribution in [2.75, 3.05) is 18.1 Å². The van der Waals surface area contributed by atoms with Crippen LogP contribution in [0.5, 0.6) is 5.75 Å². The van der Waals surface area contributed by atoms with Gasteiger partial charge in [0, 0.05) is 6.54 Å². The average Bonchev–Trinajstić information content (AvgIpc) is 2.85. The number of benzene rings is 1. The third-order valence-corrected chi connectivity index (χ3v) is 3.58. The van der Waals surface area contributed by atoms with E-state index in [4.69, 9.17) is 10.6 Å². The van der Waals surface area contributed by atoms with Crippen molar-refractivity contribution in [3.8, 4) is 5.75 Å². The molecule has 1 heterocycles. The lowest BCUT2D eigenvalue weighted by molar-refractivity contribution is -0.118. The number of halogens is 1. The molecule has 0 unspecified atom stereocenters. The van der Waals surface area contributed by atoms with Gasteiger partial charge in [0.1, 0.15) is 6.61 Å². The predicted molar refractivity (Wildman–Crippen MR) is 80.3 cm³/mol. The van der Waals surface area contributed by atoms with Gasteiger partial charge in [-0.1, -0.05) is 23.9 Å². The van der Waals surface area contributed by atoms with E-state index < -0.39 is 5.82 Å². The molecule has 1 amide bonds. The number of nitrogens with two attached hydrogens (primary N) is 1. The SMILES string of the molecule is CCNC(=O)CSc1nnc(COc2ccccc2F)n1N. The molecule has 9 heteroatoms. The summed E-state index contributed by atoms with van der Waals surface area (Å²) in [5.74, 6) is 5.90. The van der Waals surface area contributed by atoms with Gasteiger partial charge in [-0.15, -0.1) is 10.2 Å². The van der Waals surface area contributed by atoms with Crippen molar-refractivity contribution < 1.29 is 13.9 Å². The molecule has 0 atom stereocenters. The van der Waals surface area contributed by atoms with Gasteiger partial charge < -0.3 is 15.9 Å². The molecule has 0 aliphatic rings. The van der Waals surface area contributed by atoms with Crippen LogP contribution in [0.25, 0.3) is 0 Å². The van der Waals surface area contributed by atoms with Crippen molar-refractivity contribution in [2.45, 2.75) is 18.7 Å². The molecule has 1 aromatic carbocycles. The van der Waals surface area contributed by atoms with Gasteiger partial charge in [0.25, 0.3) is 0 Å². The van der Waals surface area contributed by atoms with Gasteiger partial charge in [-0.25, -0.2) is 9.07 Å². The molecule has 22 heavy (non-hydrogen) atoms. The fourth-order valence-corrected chi connectivity index (χ4v) is 2.29. The lowest BCUT2D eigenvalue weighted by Gasteiger charge is -2.07. The van der Waals surface area contributed by atoms with E-state index in [1.165, 1.54) is 16.8 Å². The molecule has 0 aliphatic heterocycles. The lowest BCUT2D eigenvalue weighted by atomic mass is 10.3. The Balaban J connectivity index is 1.93. The molecular formula is C13H16FN5O2S. The number of nitrogens with one attached hydrogen (secondary N) is 1. The molecule has 0 spiro atoms. The number of nitrogens with zero attached hydrogens (tertiary/aromatic N) is 3. The fraction of sp³-hybridized carbons (Fsp3) is 0.308. The van der Waals surface area contributed by atoms with Crippen LogP contribution < -0.4 is 15.9 Å². The Bertz CT molecular complexity index is 649. The van der Waals surface area contributed by atoms with Crippen molar-refractivity contribution in [3.05, 3.63) is 35.9 Å². The second-order valence-electron chi connectivity index (χ2n) is 4.23. The maximum absolute atomic E-state index is 13.4. The average molecular weight is 325 g/mol. The Morgan fingerprint density at radius 3 is 2.95 bits per heavy atom. The summed E-state index contributed by atoms with van der Waals surface area (Å²) < 4.78 is 20.0. The monoisotopic (exact) mass is 325 g/mol. The summed E-state index contributed by atoms with van der Waals surface area (Å²) in [5, 5.41) is 10.8. The van der Waals surface area contributed by atoms with E-state index >= 15 is 0 Å². The first-order valence-corrected chi connectivity index (χ1v) is 7.56. The first kappa shape index (κ1) is 16.1. The van der Waals surface area contributed by atoms with Crippen molar-refractivity contribution >= 4 is 17.7 Å². The van der Waals surface area contributed by atoms with Crippen LogP contribution in [0.3, 0.4) is 0 Å². The Morgan fingerprint density at radius 1 is 1.45 bits per heavy atom. The Hall–Kier alpha value is -2.29. The topological polar surface area (TPSA) is 95.1 Å². The molecule has 7 nitrogen and oxygen atoms in total. The van der Waals surface area contributed by atoms with Crippen LogP contribution in [0.15, 0.2) is 29.4 Å². The van der Waals surface area contributed by atoms with Crippen LogP contribution in [0.1, 0.15) is 12.7 Å². The summed E-state index contributed by atoms with van der Waals surface area (Å²) in [6.07, 6.45) is 0. The minimum absolute atomic E-state index is 0.0217. The van der Waals surface area contributed by atoms with E-state index in [1.54, 1.807) is 12.1 Å². The molecule has 0 aliphatic carbocycles.